The molecule has 96 valence electrons. The third kappa shape index (κ3) is 7.65. The van der Waals surface area contributed by atoms with Crippen LogP contribution >= 0.6 is 0 Å². The van der Waals surface area contributed by atoms with Gasteiger partial charge < -0.3 is 15.5 Å². The van der Waals surface area contributed by atoms with E-state index in [1.807, 2.05) is 6.92 Å². The molecule has 0 amide bonds. The van der Waals surface area contributed by atoms with Gasteiger partial charge in [0, 0.05) is 32.1 Å². The minimum absolute atomic E-state index is 0.154. The second-order valence-electron chi connectivity index (χ2n) is 5.31. The molecule has 0 aromatic heterocycles. The van der Waals surface area contributed by atoms with Gasteiger partial charge in [-0.25, -0.2) is 0 Å². The average molecular weight is 228 g/mol. The highest BCUT2D eigenvalue weighted by Crippen LogP contribution is 2.04. The van der Waals surface area contributed by atoms with Crippen LogP contribution in [0.3, 0.4) is 0 Å². The fourth-order valence-corrected chi connectivity index (χ4v) is 1.60. The maximum absolute atomic E-state index is 7.43. The van der Waals surface area contributed by atoms with Gasteiger partial charge in [0.15, 0.2) is 0 Å². The van der Waals surface area contributed by atoms with Gasteiger partial charge in [0.1, 0.15) is 0 Å². The zero-order valence-corrected chi connectivity index (χ0v) is 11.5. The Kier molecular flexibility index (Phi) is 7.34. The van der Waals surface area contributed by atoms with Crippen LogP contribution in [0.25, 0.3) is 0 Å². The highest BCUT2D eigenvalue weighted by atomic mass is 15.2. The lowest BCUT2D eigenvalue weighted by molar-refractivity contribution is 0.208. The molecule has 0 saturated heterocycles. The van der Waals surface area contributed by atoms with Gasteiger partial charge in [0.2, 0.25) is 0 Å². The van der Waals surface area contributed by atoms with E-state index in [9.17, 15) is 0 Å². The fourth-order valence-electron chi connectivity index (χ4n) is 1.60. The number of likely N-dealkylation sites (N-methyl/N-ethyl adjacent to an activating group) is 1. The predicted molar refractivity (Wildman–Crippen MR) is 70.9 cm³/mol. The summed E-state index contributed by atoms with van der Waals surface area (Å²) in [6.07, 6.45) is 0. The summed E-state index contributed by atoms with van der Waals surface area (Å²) in [6.45, 7) is 10.5. The van der Waals surface area contributed by atoms with Crippen molar-refractivity contribution in [2.24, 2.45) is 17.6 Å². The van der Waals surface area contributed by atoms with Crippen molar-refractivity contribution in [1.29, 1.82) is 5.41 Å². The van der Waals surface area contributed by atoms with E-state index in [0.717, 1.165) is 26.2 Å². The van der Waals surface area contributed by atoms with Gasteiger partial charge in [-0.05, 0) is 20.0 Å². The van der Waals surface area contributed by atoms with E-state index in [0.29, 0.717) is 11.8 Å². The standard InChI is InChI=1S/C12H28N4/c1-10(2)8-16(7-6-15(4)5)9-11(3)12(13)14/h10-11H,6-9H2,1-5H3,(H3,13,14). The topological polar surface area (TPSA) is 56.4 Å². The predicted octanol–water partition coefficient (Wildman–Crippen LogP) is 1.08. The van der Waals surface area contributed by atoms with E-state index in [-0.39, 0.29) is 5.92 Å². The first-order valence-corrected chi connectivity index (χ1v) is 6.04. The second-order valence-corrected chi connectivity index (χ2v) is 5.31. The van der Waals surface area contributed by atoms with Crippen LogP contribution in [-0.2, 0) is 0 Å². The van der Waals surface area contributed by atoms with Crippen LogP contribution in [0.4, 0.5) is 0 Å². The summed E-state index contributed by atoms with van der Waals surface area (Å²) < 4.78 is 0. The van der Waals surface area contributed by atoms with Gasteiger partial charge in [0.25, 0.3) is 0 Å². The number of nitrogens with two attached hydrogens (primary N) is 1. The van der Waals surface area contributed by atoms with Crippen molar-refractivity contribution in [2.45, 2.75) is 20.8 Å². The minimum Gasteiger partial charge on any atom is -0.387 e. The van der Waals surface area contributed by atoms with Crippen molar-refractivity contribution in [2.75, 3.05) is 40.3 Å². The monoisotopic (exact) mass is 228 g/mol. The molecule has 3 N–H and O–H groups in total. The maximum Gasteiger partial charge on any atom is 0.0947 e. The Bertz CT molecular complexity index is 201. The summed E-state index contributed by atoms with van der Waals surface area (Å²) in [5, 5.41) is 7.43. The van der Waals surface area contributed by atoms with E-state index in [1.54, 1.807) is 0 Å². The van der Waals surface area contributed by atoms with E-state index in [1.165, 1.54) is 0 Å². The third-order valence-electron chi connectivity index (χ3n) is 2.55. The maximum atomic E-state index is 7.43. The molecular formula is C12H28N4. The van der Waals surface area contributed by atoms with Crippen LogP contribution < -0.4 is 5.73 Å². The molecular weight excluding hydrogens is 200 g/mol. The van der Waals surface area contributed by atoms with Crippen molar-refractivity contribution in [3.05, 3.63) is 0 Å². The lowest BCUT2D eigenvalue weighted by Crippen LogP contribution is -2.40. The van der Waals surface area contributed by atoms with Gasteiger partial charge in [-0.2, -0.15) is 0 Å². The molecule has 0 rings (SSSR count). The first-order chi connectivity index (χ1) is 7.32. The Hall–Kier alpha value is -0.610. The van der Waals surface area contributed by atoms with E-state index < -0.39 is 0 Å². The Balaban J connectivity index is 4.14. The summed E-state index contributed by atoms with van der Waals surface area (Å²) >= 11 is 0. The van der Waals surface area contributed by atoms with Crippen LogP contribution in [0.15, 0.2) is 0 Å². The first kappa shape index (κ1) is 15.4. The Morgan fingerprint density at radius 2 is 1.69 bits per heavy atom. The molecule has 0 saturated carbocycles. The lowest BCUT2D eigenvalue weighted by atomic mass is 10.1. The second kappa shape index (κ2) is 7.63. The molecule has 0 heterocycles. The van der Waals surface area contributed by atoms with Crippen molar-refractivity contribution in [1.82, 2.24) is 9.80 Å². The van der Waals surface area contributed by atoms with E-state index >= 15 is 0 Å². The first-order valence-electron chi connectivity index (χ1n) is 6.04. The molecule has 0 aliphatic heterocycles. The molecule has 16 heavy (non-hydrogen) atoms. The quantitative estimate of drug-likeness (QED) is 0.483. The number of amidine groups is 1. The van der Waals surface area contributed by atoms with Crippen molar-refractivity contribution in [3.8, 4) is 0 Å². The Morgan fingerprint density at radius 3 is 2.06 bits per heavy atom. The number of rotatable bonds is 8. The molecule has 0 fully saturated rings. The van der Waals surface area contributed by atoms with E-state index in [4.69, 9.17) is 11.1 Å². The normalized spacial score (nSPS) is 13.8. The smallest absolute Gasteiger partial charge is 0.0947 e. The molecule has 0 aliphatic carbocycles. The number of nitrogens with zero attached hydrogens (tertiary/aromatic N) is 2. The highest BCUT2D eigenvalue weighted by Gasteiger charge is 2.13. The Labute approximate surface area is 100 Å². The third-order valence-corrected chi connectivity index (χ3v) is 2.55. The lowest BCUT2D eigenvalue weighted by Gasteiger charge is -2.28. The van der Waals surface area contributed by atoms with Crippen molar-refractivity contribution in [3.63, 3.8) is 0 Å². The van der Waals surface area contributed by atoms with Gasteiger partial charge >= 0.3 is 0 Å². The van der Waals surface area contributed by atoms with Crippen LogP contribution in [0.2, 0.25) is 0 Å². The number of hydrogen-bond donors (Lipinski definition) is 2. The molecule has 4 heteroatoms. The molecule has 1 atom stereocenters. The summed E-state index contributed by atoms with van der Waals surface area (Å²) in [6, 6.07) is 0. The van der Waals surface area contributed by atoms with Gasteiger partial charge in [-0.1, -0.05) is 20.8 Å². The van der Waals surface area contributed by atoms with Crippen molar-refractivity contribution >= 4 is 5.84 Å². The van der Waals surface area contributed by atoms with Gasteiger partial charge in [-0.3, -0.25) is 5.41 Å². The van der Waals surface area contributed by atoms with Crippen LogP contribution in [0.5, 0.6) is 0 Å². The van der Waals surface area contributed by atoms with Crippen LogP contribution in [0, 0.1) is 17.2 Å². The zero-order chi connectivity index (χ0) is 12.7. The largest absolute Gasteiger partial charge is 0.387 e. The number of nitrogens with one attached hydrogen (secondary N) is 1. The van der Waals surface area contributed by atoms with Crippen LogP contribution in [-0.4, -0.2) is 55.9 Å². The summed E-state index contributed by atoms with van der Waals surface area (Å²) in [5.74, 6) is 1.10. The minimum atomic E-state index is 0.154. The van der Waals surface area contributed by atoms with Gasteiger partial charge in [-0.15, -0.1) is 0 Å². The Morgan fingerprint density at radius 1 is 1.12 bits per heavy atom. The fraction of sp³-hybridized carbons (Fsp3) is 0.917. The summed E-state index contributed by atoms with van der Waals surface area (Å²) in [4.78, 5) is 4.59. The molecule has 0 radical (unpaired) electrons. The molecule has 0 aliphatic rings. The average Bonchev–Trinajstić information content (AvgIpc) is 2.12. The highest BCUT2D eigenvalue weighted by molar-refractivity contribution is 5.79. The molecule has 0 spiro atoms. The summed E-state index contributed by atoms with van der Waals surface area (Å²) in [7, 11) is 4.17. The molecule has 0 aromatic carbocycles. The van der Waals surface area contributed by atoms with Crippen LogP contribution in [0.1, 0.15) is 20.8 Å². The molecule has 4 nitrogen and oxygen atoms in total. The SMILES string of the molecule is CC(C)CN(CCN(C)C)CC(C)C(=N)N. The number of hydrogen-bond acceptors (Lipinski definition) is 3. The summed E-state index contributed by atoms with van der Waals surface area (Å²) in [5.41, 5.74) is 5.52. The van der Waals surface area contributed by atoms with Crippen molar-refractivity contribution < 1.29 is 0 Å². The van der Waals surface area contributed by atoms with E-state index in [2.05, 4.69) is 37.7 Å². The molecule has 0 bridgehead atoms. The molecule has 0 aromatic rings. The molecule has 1 unspecified atom stereocenters. The van der Waals surface area contributed by atoms with Gasteiger partial charge in [0.05, 0.1) is 5.84 Å². The zero-order valence-electron chi connectivity index (χ0n) is 11.5.